The number of carbonyl (C=O) groups is 2. The normalized spacial score (nSPS) is 11.2. The fourth-order valence-corrected chi connectivity index (χ4v) is 3.53. The van der Waals surface area contributed by atoms with Crippen LogP contribution in [-0.2, 0) is 23.9 Å². The largest absolute Gasteiger partial charge is 0.481 e. The van der Waals surface area contributed by atoms with Crippen molar-refractivity contribution >= 4 is 23.5 Å². The molecule has 0 spiro atoms. The van der Waals surface area contributed by atoms with Gasteiger partial charge in [-0.25, -0.2) is 0 Å². The van der Waals surface area contributed by atoms with Gasteiger partial charge in [0.1, 0.15) is 11.5 Å². The SMILES string of the molecule is Cc1cc(Oc2cccc(CNC(=O)c3ccc(C(F)(F)F)cc3Cl)c2)ccc1CCC(=O)O. The summed E-state index contributed by atoms with van der Waals surface area (Å²) in [6.45, 7) is 1.99. The molecule has 0 atom stereocenters. The molecule has 0 aromatic heterocycles. The third-order valence-electron chi connectivity index (χ3n) is 5.05. The van der Waals surface area contributed by atoms with Crippen molar-refractivity contribution in [2.75, 3.05) is 0 Å². The summed E-state index contributed by atoms with van der Waals surface area (Å²) in [5.74, 6) is -0.354. The molecule has 9 heteroatoms. The number of carboxylic acid groups (broad SMARTS) is 1. The van der Waals surface area contributed by atoms with Crippen LogP contribution < -0.4 is 10.1 Å². The number of nitrogens with one attached hydrogen (secondary N) is 1. The summed E-state index contributed by atoms with van der Waals surface area (Å²) in [7, 11) is 0. The highest BCUT2D eigenvalue weighted by molar-refractivity contribution is 6.33. The molecule has 0 heterocycles. The highest BCUT2D eigenvalue weighted by atomic mass is 35.5. The lowest BCUT2D eigenvalue weighted by molar-refractivity contribution is -0.138. The molecule has 0 saturated carbocycles. The van der Waals surface area contributed by atoms with E-state index in [4.69, 9.17) is 21.4 Å². The lowest BCUT2D eigenvalue weighted by Gasteiger charge is -2.12. The van der Waals surface area contributed by atoms with Crippen molar-refractivity contribution in [1.82, 2.24) is 5.32 Å². The summed E-state index contributed by atoms with van der Waals surface area (Å²) in [4.78, 5) is 23.2. The van der Waals surface area contributed by atoms with Crippen LogP contribution in [0.4, 0.5) is 13.2 Å². The molecule has 3 aromatic carbocycles. The maximum absolute atomic E-state index is 12.8. The number of aliphatic carboxylic acids is 1. The first kappa shape index (κ1) is 25.1. The van der Waals surface area contributed by atoms with Crippen molar-refractivity contribution in [3.05, 3.63) is 93.5 Å². The van der Waals surface area contributed by atoms with Gasteiger partial charge in [-0.05, 0) is 72.5 Å². The number of hydrogen-bond donors (Lipinski definition) is 2. The molecule has 34 heavy (non-hydrogen) atoms. The lowest BCUT2D eigenvalue weighted by atomic mass is 10.0. The number of benzene rings is 3. The van der Waals surface area contributed by atoms with Crippen LogP contribution in [0.3, 0.4) is 0 Å². The summed E-state index contributed by atoms with van der Waals surface area (Å²) in [5, 5.41) is 11.2. The van der Waals surface area contributed by atoms with Gasteiger partial charge in [0.25, 0.3) is 5.91 Å². The smallest absolute Gasteiger partial charge is 0.416 e. The Labute approximate surface area is 199 Å². The molecular formula is C25H21ClF3NO4. The Morgan fingerprint density at radius 1 is 1.03 bits per heavy atom. The fraction of sp³-hybridized carbons (Fsp3) is 0.200. The lowest BCUT2D eigenvalue weighted by Crippen LogP contribution is -2.23. The van der Waals surface area contributed by atoms with Gasteiger partial charge in [-0.15, -0.1) is 0 Å². The van der Waals surface area contributed by atoms with Crippen molar-refractivity contribution in [1.29, 1.82) is 0 Å². The quantitative estimate of drug-likeness (QED) is 0.382. The van der Waals surface area contributed by atoms with Gasteiger partial charge >= 0.3 is 12.1 Å². The third kappa shape index (κ3) is 6.74. The fourth-order valence-electron chi connectivity index (χ4n) is 3.26. The molecule has 0 radical (unpaired) electrons. The highest BCUT2D eigenvalue weighted by Gasteiger charge is 2.31. The molecule has 0 fully saturated rings. The predicted molar refractivity (Wildman–Crippen MR) is 121 cm³/mol. The minimum absolute atomic E-state index is 0.0481. The van der Waals surface area contributed by atoms with Crippen LogP contribution in [0.2, 0.25) is 5.02 Å². The van der Waals surface area contributed by atoms with Gasteiger partial charge in [0.2, 0.25) is 0 Å². The Bertz CT molecular complexity index is 1210. The first-order valence-electron chi connectivity index (χ1n) is 10.3. The van der Waals surface area contributed by atoms with E-state index in [0.29, 0.717) is 23.5 Å². The van der Waals surface area contributed by atoms with Crippen molar-refractivity contribution in [2.24, 2.45) is 0 Å². The molecule has 178 valence electrons. The average molecular weight is 492 g/mol. The van der Waals surface area contributed by atoms with Crippen molar-refractivity contribution < 1.29 is 32.6 Å². The summed E-state index contributed by atoms with van der Waals surface area (Å²) >= 11 is 5.88. The van der Waals surface area contributed by atoms with E-state index in [1.807, 2.05) is 19.1 Å². The number of hydrogen-bond acceptors (Lipinski definition) is 3. The topological polar surface area (TPSA) is 75.6 Å². The molecule has 0 aliphatic rings. The molecule has 3 rings (SSSR count). The second-order valence-corrected chi connectivity index (χ2v) is 8.01. The van der Waals surface area contributed by atoms with E-state index in [1.165, 1.54) is 0 Å². The third-order valence-corrected chi connectivity index (χ3v) is 5.36. The van der Waals surface area contributed by atoms with Gasteiger partial charge in [0.15, 0.2) is 0 Å². The summed E-state index contributed by atoms with van der Waals surface area (Å²) in [6.07, 6.45) is -4.07. The van der Waals surface area contributed by atoms with Crippen LogP contribution in [0.25, 0.3) is 0 Å². The zero-order chi connectivity index (χ0) is 24.9. The number of ether oxygens (including phenoxy) is 1. The first-order chi connectivity index (χ1) is 16.0. The van der Waals surface area contributed by atoms with Gasteiger partial charge in [-0.2, -0.15) is 13.2 Å². The van der Waals surface area contributed by atoms with Gasteiger partial charge < -0.3 is 15.2 Å². The Morgan fingerprint density at radius 3 is 2.41 bits per heavy atom. The Hall–Kier alpha value is -3.52. The van der Waals surface area contributed by atoms with Crippen LogP contribution in [0, 0.1) is 6.92 Å². The molecule has 5 nitrogen and oxygen atoms in total. The van der Waals surface area contributed by atoms with E-state index >= 15 is 0 Å². The van der Waals surface area contributed by atoms with Crippen LogP contribution in [0.1, 0.15) is 39.0 Å². The van der Waals surface area contributed by atoms with Gasteiger partial charge in [0, 0.05) is 13.0 Å². The summed E-state index contributed by atoms with van der Waals surface area (Å²) in [6, 6.07) is 15.0. The van der Waals surface area contributed by atoms with E-state index in [1.54, 1.807) is 30.3 Å². The minimum atomic E-state index is -4.55. The first-order valence-corrected chi connectivity index (χ1v) is 10.6. The molecular weight excluding hydrogens is 471 g/mol. The van der Waals surface area contributed by atoms with Crippen molar-refractivity contribution in [2.45, 2.75) is 32.5 Å². The second kappa shape index (κ2) is 10.6. The number of carboxylic acids is 1. The number of amides is 1. The number of alkyl halides is 3. The van der Waals surface area contributed by atoms with Crippen molar-refractivity contribution in [3.8, 4) is 11.5 Å². The Balaban J connectivity index is 1.63. The molecule has 0 saturated heterocycles. The van der Waals surface area contributed by atoms with Gasteiger partial charge in [0.05, 0.1) is 16.1 Å². The highest BCUT2D eigenvalue weighted by Crippen LogP contribution is 2.32. The van der Waals surface area contributed by atoms with E-state index in [-0.39, 0.29) is 23.6 Å². The molecule has 1 amide bonds. The molecule has 2 N–H and O–H groups in total. The maximum Gasteiger partial charge on any atom is 0.416 e. The number of halogens is 4. The number of aryl methyl sites for hydroxylation is 2. The number of rotatable bonds is 8. The van der Waals surface area contributed by atoms with Gasteiger partial charge in [-0.3, -0.25) is 9.59 Å². The van der Waals surface area contributed by atoms with Crippen LogP contribution in [-0.4, -0.2) is 17.0 Å². The van der Waals surface area contributed by atoms with E-state index < -0.39 is 23.6 Å². The number of carbonyl (C=O) groups excluding carboxylic acids is 1. The Kier molecular flexibility index (Phi) is 7.83. The summed E-state index contributed by atoms with van der Waals surface area (Å²) < 4.78 is 44.2. The van der Waals surface area contributed by atoms with Crippen LogP contribution in [0.5, 0.6) is 11.5 Å². The van der Waals surface area contributed by atoms with E-state index in [0.717, 1.165) is 29.3 Å². The predicted octanol–water partition coefficient (Wildman–Crippen LogP) is 6.41. The molecule has 0 unspecified atom stereocenters. The average Bonchev–Trinajstić information content (AvgIpc) is 2.76. The van der Waals surface area contributed by atoms with Crippen molar-refractivity contribution in [3.63, 3.8) is 0 Å². The molecule has 0 aliphatic heterocycles. The molecule has 3 aromatic rings. The zero-order valence-corrected chi connectivity index (χ0v) is 18.8. The molecule has 0 bridgehead atoms. The van der Waals surface area contributed by atoms with E-state index in [9.17, 15) is 22.8 Å². The molecule has 0 aliphatic carbocycles. The summed E-state index contributed by atoms with van der Waals surface area (Å²) in [5.41, 5.74) is 1.57. The minimum Gasteiger partial charge on any atom is -0.481 e. The van der Waals surface area contributed by atoms with Gasteiger partial charge in [-0.1, -0.05) is 29.8 Å². The van der Waals surface area contributed by atoms with Crippen LogP contribution >= 0.6 is 11.6 Å². The maximum atomic E-state index is 12.8. The van der Waals surface area contributed by atoms with Crippen LogP contribution in [0.15, 0.2) is 60.7 Å². The Morgan fingerprint density at radius 2 is 1.76 bits per heavy atom. The second-order valence-electron chi connectivity index (χ2n) is 7.61. The standard InChI is InChI=1S/C25H21ClF3NO4/c1-15-11-20(8-5-17(15)6-10-23(31)32)34-19-4-2-3-16(12-19)14-30-24(33)21-9-7-18(13-22(21)26)25(27,28)29/h2-5,7-9,11-13H,6,10,14H2,1H3,(H,30,33)(H,31,32). The monoisotopic (exact) mass is 491 g/mol. The van der Waals surface area contributed by atoms with E-state index in [2.05, 4.69) is 5.32 Å². The zero-order valence-electron chi connectivity index (χ0n) is 18.1.